The Balaban J connectivity index is 3.12. The van der Waals surface area contributed by atoms with Crippen LogP contribution in [-0.4, -0.2) is 112 Å². The lowest BCUT2D eigenvalue weighted by Crippen LogP contribution is -2.66. The lowest BCUT2D eigenvalue weighted by molar-refractivity contribution is -0.288. The zero-order valence-corrected chi connectivity index (χ0v) is 45.9. The van der Waals surface area contributed by atoms with E-state index in [0.717, 1.165) is 77.0 Å². The number of hydrogen-bond acceptors (Lipinski definition) is 12. The SMILES string of the molecule is CCCCCCCCCCCCCC(=O)N[C@H]1[C@@H](OC(CO)CC(=O)O)O[C@H](COC(=O)[C@@H](CCC(=O)O)NC(=O)CCCCCCCCCCCCC)[C@@H](O)[C@@H]1OC(=O)CCCCCCCCCCCCC. The van der Waals surface area contributed by atoms with Crippen molar-refractivity contribution in [1.82, 2.24) is 10.6 Å². The first kappa shape index (κ1) is 67.7. The van der Waals surface area contributed by atoms with Crippen molar-refractivity contribution in [2.75, 3.05) is 13.2 Å². The monoisotopic (exact) mass is 1040 g/mol. The largest absolute Gasteiger partial charge is 0.481 e. The predicted octanol–water partition coefficient (Wildman–Crippen LogP) is 11.3. The molecule has 426 valence electrons. The Morgan fingerprint density at radius 1 is 0.534 bits per heavy atom. The second-order valence-corrected chi connectivity index (χ2v) is 20.7. The van der Waals surface area contributed by atoms with Gasteiger partial charge in [-0.05, 0) is 25.7 Å². The van der Waals surface area contributed by atoms with Gasteiger partial charge in [-0.25, -0.2) is 4.79 Å². The van der Waals surface area contributed by atoms with Gasteiger partial charge in [0, 0.05) is 25.7 Å². The summed E-state index contributed by atoms with van der Waals surface area (Å²) in [5, 5.41) is 46.5. The number of rotatable bonds is 50. The number of nitrogens with one attached hydrogen (secondary N) is 2. The van der Waals surface area contributed by atoms with Crippen molar-refractivity contribution in [3.63, 3.8) is 0 Å². The maximum absolute atomic E-state index is 13.6. The fourth-order valence-corrected chi connectivity index (χ4v) is 9.35. The molecular formula is C57H104N2O14. The molecule has 1 fully saturated rings. The highest BCUT2D eigenvalue weighted by Gasteiger charge is 2.50. The Morgan fingerprint density at radius 3 is 1.36 bits per heavy atom. The number of aliphatic hydroxyl groups is 2. The summed E-state index contributed by atoms with van der Waals surface area (Å²) in [6, 6.07) is -2.69. The molecule has 0 spiro atoms. The first-order chi connectivity index (χ1) is 35.4. The van der Waals surface area contributed by atoms with E-state index >= 15 is 0 Å². The normalized spacial score (nSPS) is 18.5. The van der Waals surface area contributed by atoms with E-state index in [-0.39, 0.29) is 25.7 Å². The van der Waals surface area contributed by atoms with Gasteiger partial charge in [0.05, 0.1) is 19.1 Å². The molecule has 1 aliphatic heterocycles. The molecule has 6 N–H and O–H groups in total. The fourth-order valence-electron chi connectivity index (χ4n) is 9.35. The quantitative estimate of drug-likeness (QED) is 0.0245. The topological polar surface area (TPSA) is 244 Å². The van der Waals surface area contributed by atoms with Gasteiger partial charge in [-0.1, -0.05) is 213 Å². The van der Waals surface area contributed by atoms with Gasteiger partial charge in [0.25, 0.3) is 0 Å². The Labute approximate surface area is 440 Å². The van der Waals surface area contributed by atoms with Gasteiger partial charge >= 0.3 is 23.9 Å². The number of carboxylic acids is 2. The van der Waals surface area contributed by atoms with Crippen molar-refractivity contribution in [2.45, 2.75) is 314 Å². The zero-order chi connectivity index (χ0) is 53.7. The average molecular weight is 1040 g/mol. The summed E-state index contributed by atoms with van der Waals surface area (Å²) < 4.78 is 23.6. The molecule has 1 heterocycles. The fraction of sp³-hybridized carbons (Fsp3) is 0.895. The molecule has 2 amide bonds. The molecule has 1 rings (SSSR count). The van der Waals surface area contributed by atoms with E-state index in [2.05, 4.69) is 31.4 Å². The third-order valence-electron chi connectivity index (χ3n) is 13.9. The second kappa shape index (κ2) is 46.0. The van der Waals surface area contributed by atoms with Crippen molar-refractivity contribution < 1.29 is 68.1 Å². The van der Waals surface area contributed by atoms with Crippen LogP contribution < -0.4 is 10.6 Å². The molecule has 0 aromatic rings. The lowest BCUT2D eigenvalue weighted by Gasteiger charge is -2.44. The Morgan fingerprint density at radius 2 is 0.945 bits per heavy atom. The summed E-state index contributed by atoms with van der Waals surface area (Å²) in [5.41, 5.74) is 0. The minimum Gasteiger partial charge on any atom is -0.481 e. The van der Waals surface area contributed by atoms with E-state index in [9.17, 15) is 49.2 Å². The van der Waals surface area contributed by atoms with E-state index in [1.54, 1.807) is 0 Å². The van der Waals surface area contributed by atoms with Gasteiger partial charge in [-0.2, -0.15) is 0 Å². The van der Waals surface area contributed by atoms with Crippen LogP contribution in [0.25, 0.3) is 0 Å². The van der Waals surface area contributed by atoms with Crippen LogP contribution in [0, 0.1) is 0 Å². The van der Waals surface area contributed by atoms with E-state index in [4.69, 9.17) is 18.9 Å². The second-order valence-electron chi connectivity index (χ2n) is 20.7. The molecule has 0 saturated carbocycles. The summed E-state index contributed by atoms with van der Waals surface area (Å²) in [4.78, 5) is 77.0. The molecule has 73 heavy (non-hydrogen) atoms. The van der Waals surface area contributed by atoms with Crippen LogP contribution in [0.1, 0.15) is 271 Å². The highest BCUT2D eigenvalue weighted by atomic mass is 16.7. The van der Waals surface area contributed by atoms with Gasteiger partial charge < -0.3 is 50.0 Å². The van der Waals surface area contributed by atoms with Crippen molar-refractivity contribution in [3.8, 4) is 0 Å². The van der Waals surface area contributed by atoms with E-state index < -0.39 is 105 Å². The van der Waals surface area contributed by atoms with Crippen molar-refractivity contribution in [1.29, 1.82) is 0 Å². The van der Waals surface area contributed by atoms with E-state index in [1.165, 1.54) is 116 Å². The van der Waals surface area contributed by atoms with Crippen LogP contribution in [0.2, 0.25) is 0 Å². The Kier molecular flexibility index (Phi) is 42.6. The molecule has 1 aliphatic rings. The number of ether oxygens (including phenoxy) is 4. The number of esters is 2. The number of hydrogen-bond donors (Lipinski definition) is 6. The molecule has 0 aliphatic carbocycles. The molecule has 1 saturated heterocycles. The maximum Gasteiger partial charge on any atom is 0.328 e. The molecule has 16 heteroatoms. The molecule has 1 unspecified atom stereocenters. The van der Waals surface area contributed by atoms with Crippen LogP contribution in [0.15, 0.2) is 0 Å². The van der Waals surface area contributed by atoms with Gasteiger partial charge in [0.1, 0.15) is 30.9 Å². The molecule has 0 aromatic heterocycles. The number of carboxylic acid groups (broad SMARTS) is 2. The minimum absolute atomic E-state index is 0.0219. The van der Waals surface area contributed by atoms with Crippen molar-refractivity contribution in [2.24, 2.45) is 0 Å². The minimum atomic E-state index is -1.71. The first-order valence-corrected chi connectivity index (χ1v) is 29.3. The highest BCUT2D eigenvalue weighted by Crippen LogP contribution is 2.28. The number of amides is 2. The molecular weight excluding hydrogens is 937 g/mol. The Bertz CT molecular complexity index is 1430. The van der Waals surface area contributed by atoms with Gasteiger partial charge in [-0.3, -0.25) is 24.0 Å². The number of carbonyl (C=O) groups excluding carboxylic acids is 4. The lowest BCUT2D eigenvalue weighted by atomic mass is 9.95. The summed E-state index contributed by atoms with van der Waals surface area (Å²) in [7, 11) is 0. The smallest absolute Gasteiger partial charge is 0.328 e. The van der Waals surface area contributed by atoms with Crippen molar-refractivity contribution >= 4 is 35.7 Å². The summed E-state index contributed by atoms with van der Waals surface area (Å²) in [6.07, 6.45) is 27.2. The summed E-state index contributed by atoms with van der Waals surface area (Å²) in [6.45, 7) is 5.18. The van der Waals surface area contributed by atoms with Crippen LogP contribution >= 0.6 is 0 Å². The summed E-state index contributed by atoms with van der Waals surface area (Å²) >= 11 is 0. The zero-order valence-electron chi connectivity index (χ0n) is 45.9. The third kappa shape index (κ3) is 36.3. The maximum atomic E-state index is 13.6. The van der Waals surface area contributed by atoms with Crippen LogP contribution in [0.5, 0.6) is 0 Å². The van der Waals surface area contributed by atoms with E-state index in [1.807, 2.05) is 0 Å². The average Bonchev–Trinajstić information content (AvgIpc) is 3.36. The third-order valence-corrected chi connectivity index (χ3v) is 13.9. The van der Waals surface area contributed by atoms with Crippen LogP contribution in [-0.2, 0) is 47.7 Å². The van der Waals surface area contributed by atoms with Crippen LogP contribution in [0.3, 0.4) is 0 Å². The molecule has 0 radical (unpaired) electrons. The Hall–Kier alpha value is -3.34. The standard InChI is InChI=1S/C57H104N2O14/c1-4-7-10-13-16-19-22-25-28-31-34-37-48(61)58-46(40-41-50(63)64)56(69)70-44-47-54(68)55(73-52(67)39-36-33-30-27-24-21-18-15-12-9-6-3)53(57(72-47)71-45(43-60)42-51(65)66)59-49(62)38-35-32-29-26-23-20-17-14-11-8-5-2/h45-47,53-55,57,60,68H,4-44H2,1-3H3,(H,58,61)(H,59,62)(H,63,64)(H,65,66)/t45?,46-,47-,53-,54-,55-,57+/m1/s1. The molecule has 7 atom stereocenters. The highest BCUT2D eigenvalue weighted by molar-refractivity contribution is 5.85. The van der Waals surface area contributed by atoms with Gasteiger partial charge in [0.2, 0.25) is 11.8 Å². The van der Waals surface area contributed by atoms with Gasteiger partial charge in [0.15, 0.2) is 12.4 Å². The van der Waals surface area contributed by atoms with Crippen LogP contribution in [0.4, 0.5) is 0 Å². The molecule has 16 nitrogen and oxygen atoms in total. The van der Waals surface area contributed by atoms with Crippen molar-refractivity contribution in [3.05, 3.63) is 0 Å². The van der Waals surface area contributed by atoms with E-state index in [0.29, 0.717) is 19.3 Å². The predicted molar refractivity (Wildman–Crippen MR) is 284 cm³/mol. The molecule has 0 aromatic carbocycles. The number of unbranched alkanes of at least 4 members (excludes halogenated alkanes) is 30. The molecule has 0 bridgehead atoms. The van der Waals surface area contributed by atoms with Gasteiger partial charge in [-0.15, -0.1) is 0 Å². The first-order valence-electron chi connectivity index (χ1n) is 29.3. The number of carbonyl (C=O) groups is 6. The number of aliphatic hydroxyl groups excluding tert-OH is 2. The number of aliphatic carboxylic acids is 2. The summed E-state index contributed by atoms with van der Waals surface area (Å²) in [5.74, 6) is -4.97.